The zero-order valence-electron chi connectivity index (χ0n) is 14.1. The Bertz CT molecular complexity index is 576. The van der Waals surface area contributed by atoms with E-state index < -0.39 is 0 Å². The number of nitrogens with one attached hydrogen (secondary N) is 2. The van der Waals surface area contributed by atoms with E-state index in [1.807, 2.05) is 6.92 Å². The summed E-state index contributed by atoms with van der Waals surface area (Å²) < 4.78 is 1.63. The predicted molar refractivity (Wildman–Crippen MR) is 85.9 cm³/mol. The third-order valence-corrected chi connectivity index (χ3v) is 4.52. The van der Waals surface area contributed by atoms with Gasteiger partial charge in [-0.2, -0.15) is 0 Å². The molecule has 2 amide bonds. The number of piperidine rings is 1. The van der Waals surface area contributed by atoms with Gasteiger partial charge < -0.3 is 10.6 Å². The highest BCUT2D eigenvalue weighted by molar-refractivity contribution is 5.78. The van der Waals surface area contributed by atoms with Crippen molar-refractivity contribution in [3.63, 3.8) is 0 Å². The fraction of sp³-hybridized carbons (Fsp3) is 0.800. The van der Waals surface area contributed by atoms with Crippen molar-refractivity contribution in [3.05, 3.63) is 5.82 Å². The van der Waals surface area contributed by atoms with E-state index in [-0.39, 0.29) is 17.9 Å². The molecule has 0 radical (unpaired) electrons. The van der Waals surface area contributed by atoms with Crippen LogP contribution in [0.15, 0.2) is 0 Å². The Morgan fingerprint density at radius 1 is 1.08 bits per heavy atom. The highest BCUT2D eigenvalue weighted by Crippen LogP contribution is 2.18. The minimum absolute atomic E-state index is 0.0230. The zero-order chi connectivity index (χ0) is 16.9. The van der Waals surface area contributed by atoms with Crippen molar-refractivity contribution in [1.82, 2.24) is 35.7 Å². The van der Waals surface area contributed by atoms with Crippen LogP contribution in [0.4, 0.5) is 0 Å². The van der Waals surface area contributed by atoms with Crippen LogP contribution >= 0.6 is 0 Å². The van der Waals surface area contributed by atoms with Crippen LogP contribution in [0.25, 0.3) is 0 Å². The largest absolute Gasteiger partial charge is 0.353 e. The summed E-state index contributed by atoms with van der Waals surface area (Å²) in [7, 11) is 0. The summed E-state index contributed by atoms with van der Waals surface area (Å²) in [4.78, 5) is 26.0. The fourth-order valence-electron chi connectivity index (χ4n) is 2.90. The second kappa shape index (κ2) is 7.69. The number of tetrazole rings is 1. The molecule has 1 saturated heterocycles. The average Bonchev–Trinajstić information content (AvgIpc) is 3.26. The van der Waals surface area contributed by atoms with Crippen molar-refractivity contribution in [2.75, 3.05) is 19.6 Å². The number of carbonyl (C=O) groups is 2. The van der Waals surface area contributed by atoms with Gasteiger partial charge in [0.15, 0.2) is 0 Å². The Hall–Kier alpha value is -2.03. The Morgan fingerprint density at radius 3 is 2.38 bits per heavy atom. The maximum Gasteiger partial charge on any atom is 0.234 e. The van der Waals surface area contributed by atoms with E-state index in [1.54, 1.807) is 4.68 Å². The van der Waals surface area contributed by atoms with Gasteiger partial charge in [0.05, 0.1) is 13.1 Å². The highest BCUT2D eigenvalue weighted by atomic mass is 16.2. The van der Waals surface area contributed by atoms with E-state index in [2.05, 4.69) is 31.1 Å². The molecule has 24 heavy (non-hydrogen) atoms. The van der Waals surface area contributed by atoms with Crippen molar-refractivity contribution < 1.29 is 9.59 Å². The van der Waals surface area contributed by atoms with E-state index >= 15 is 0 Å². The Kier molecular flexibility index (Phi) is 5.39. The molecule has 1 aromatic heterocycles. The number of carbonyl (C=O) groups excluding carboxylic acids is 2. The molecule has 0 atom stereocenters. The van der Waals surface area contributed by atoms with Gasteiger partial charge in [0.2, 0.25) is 11.8 Å². The first-order chi connectivity index (χ1) is 11.6. The maximum atomic E-state index is 12.0. The molecule has 2 heterocycles. The first-order valence-corrected chi connectivity index (χ1v) is 8.64. The fourth-order valence-corrected chi connectivity index (χ4v) is 2.90. The monoisotopic (exact) mass is 335 g/mol. The smallest absolute Gasteiger partial charge is 0.234 e. The number of amides is 2. The summed E-state index contributed by atoms with van der Waals surface area (Å²) in [5.74, 6) is 0.854. The third-order valence-electron chi connectivity index (χ3n) is 4.52. The number of hydrogen-bond acceptors (Lipinski definition) is 6. The first kappa shape index (κ1) is 16.8. The Morgan fingerprint density at radius 2 is 1.75 bits per heavy atom. The highest BCUT2D eigenvalue weighted by Gasteiger charge is 2.26. The van der Waals surface area contributed by atoms with Gasteiger partial charge in [-0.3, -0.25) is 14.5 Å². The van der Waals surface area contributed by atoms with Gasteiger partial charge in [0.25, 0.3) is 0 Å². The van der Waals surface area contributed by atoms with Gasteiger partial charge in [-0.15, -0.1) is 5.10 Å². The van der Waals surface area contributed by atoms with E-state index in [1.165, 1.54) is 0 Å². The van der Waals surface area contributed by atoms with Crippen molar-refractivity contribution in [2.45, 2.75) is 57.7 Å². The summed E-state index contributed by atoms with van der Waals surface area (Å²) in [6.07, 6.45) is 4.36. The molecule has 2 aliphatic rings. The molecule has 0 spiro atoms. The van der Waals surface area contributed by atoms with Gasteiger partial charge in [-0.05, 0) is 43.0 Å². The summed E-state index contributed by atoms with van der Waals surface area (Å²) in [5, 5.41) is 17.3. The topological polar surface area (TPSA) is 105 Å². The van der Waals surface area contributed by atoms with E-state index in [0.717, 1.165) is 38.8 Å². The predicted octanol–water partition coefficient (Wildman–Crippen LogP) is -0.769. The summed E-state index contributed by atoms with van der Waals surface area (Å²) in [6.45, 7) is 4.46. The van der Waals surface area contributed by atoms with Gasteiger partial charge in [0, 0.05) is 31.6 Å². The van der Waals surface area contributed by atoms with Crippen LogP contribution in [0, 0.1) is 6.92 Å². The SMILES string of the molecule is Cc1nnnn1CCC(=O)NC1CCN(CC(=O)NC2CC2)CC1. The number of likely N-dealkylation sites (tertiary alicyclic amines) is 1. The minimum atomic E-state index is 0.0230. The van der Waals surface area contributed by atoms with Crippen LogP contribution in [0.2, 0.25) is 0 Å². The molecule has 132 valence electrons. The van der Waals surface area contributed by atoms with Crippen molar-refractivity contribution >= 4 is 11.8 Å². The van der Waals surface area contributed by atoms with Gasteiger partial charge in [-0.25, -0.2) is 4.68 Å². The summed E-state index contributed by atoms with van der Waals surface area (Å²) in [5.41, 5.74) is 0. The molecule has 9 heteroatoms. The Balaban J connectivity index is 1.32. The number of aromatic nitrogens is 4. The van der Waals surface area contributed by atoms with Crippen LogP contribution in [0.5, 0.6) is 0 Å². The molecule has 1 aliphatic carbocycles. The molecule has 9 nitrogen and oxygen atoms in total. The normalized spacial score (nSPS) is 19.2. The van der Waals surface area contributed by atoms with E-state index in [0.29, 0.717) is 31.4 Å². The molecule has 0 aromatic carbocycles. The van der Waals surface area contributed by atoms with Crippen LogP contribution in [-0.4, -0.2) is 68.6 Å². The van der Waals surface area contributed by atoms with E-state index in [9.17, 15) is 9.59 Å². The second-order valence-electron chi connectivity index (χ2n) is 6.66. The van der Waals surface area contributed by atoms with Crippen LogP contribution in [0.1, 0.15) is 37.9 Å². The molecule has 3 rings (SSSR count). The molecule has 0 unspecified atom stereocenters. The average molecular weight is 335 g/mol. The molecule has 1 saturated carbocycles. The number of hydrogen-bond donors (Lipinski definition) is 2. The number of rotatable bonds is 7. The molecule has 0 bridgehead atoms. The number of aryl methyl sites for hydroxylation is 2. The summed E-state index contributed by atoms with van der Waals surface area (Å²) in [6, 6.07) is 0.605. The molecular weight excluding hydrogens is 310 g/mol. The molecular formula is C15H25N7O2. The number of nitrogens with zero attached hydrogens (tertiary/aromatic N) is 5. The van der Waals surface area contributed by atoms with E-state index in [4.69, 9.17) is 0 Å². The Labute approximate surface area is 141 Å². The lowest BCUT2D eigenvalue weighted by Gasteiger charge is -2.31. The maximum absolute atomic E-state index is 12.0. The zero-order valence-corrected chi connectivity index (χ0v) is 14.1. The lowest BCUT2D eigenvalue weighted by molar-refractivity contribution is -0.124. The quantitative estimate of drug-likeness (QED) is 0.678. The van der Waals surface area contributed by atoms with Gasteiger partial charge >= 0.3 is 0 Å². The molecule has 2 fully saturated rings. The minimum Gasteiger partial charge on any atom is -0.353 e. The van der Waals surface area contributed by atoms with Gasteiger partial charge in [0.1, 0.15) is 5.82 Å². The molecule has 1 aliphatic heterocycles. The van der Waals surface area contributed by atoms with Crippen molar-refractivity contribution in [1.29, 1.82) is 0 Å². The second-order valence-corrected chi connectivity index (χ2v) is 6.66. The van der Waals surface area contributed by atoms with Gasteiger partial charge in [-0.1, -0.05) is 0 Å². The molecule has 1 aromatic rings. The van der Waals surface area contributed by atoms with Crippen LogP contribution in [0.3, 0.4) is 0 Å². The van der Waals surface area contributed by atoms with Crippen LogP contribution in [-0.2, 0) is 16.1 Å². The van der Waals surface area contributed by atoms with Crippen molar-refractivity contribution in [2.24, 2.45) is 0 Å². The third kappa shape index (κ3) is 4.98. The van der Waals surface area contributed by atoms with Crippen LogP contribution < -0.4 is 10.6 Å². The summed E-state index contributed by atoms with van der Waals surface area (Å²) >= 11 is 0. The molecule has 2 N–H and O–H groups in total. The lowest BCUT2D eigenvalue weighted by atomic mass is 10.0. The lowest BCUT2D eigenvalue weighted by Crippen LogP contribution is -2.47. The van der Waals surface area contributed by atoms with Crippen molar-refractivity contribution in [3.8, 4) is 0 Å². The first-order valence-electron chi connectivity index (χ1n) is 8.64. The standard InChI is InChI=1S/C15H25N7O2/c1-11-18-19-20-22(11)9-6-14(23)16-13-4-7-21(8-5-13)10-15(24)17-12-2-3-12/h12-13H,2-10H2,1H3,(H,16,23)(H,17,24).